The number of urea groups is 1. The molecule has 0 aromatic carbocycles. The Balaban J connectivity index is 1.07. The molecule has 0 aromatic rings. The number of rotatable bonds is 4. The van der Waals surface area contributed by atoms with Crippen LogP contribution in [0.1, 0.15) is 44.9 Å². The van der Waals surface area contributed by atoms with Crippen LogP contribution in [0.3, 0.4) is 0 Å². The number of carbonyl (C=O) groups is 2. The van der Waals surface area contributed by atoms with Gasteiger partial charge in [-0.1, -0.05) is 0 Å². The Hall–Kier alpha value is -1.30. The van der Waals surface area contributed by atoms with Crippen LogP contribution in [0.2, 0.25) is 0 Å². The van der Waals surface area contributed by atoms with E-state index in [0.717, 1.165) is 63.2 Å². The zero-order chi connectivity index (χ0) is 17.7. The molecule has 6 aliphatic rings. The maximum Gasteiger partial charge on any atom is 0.315 e. The zero-order valence-electron chi connectivity index (χ0n) is 15.6. The maximum absolute atomic E-state index is 12.4. The minimum absolute atomic E-state index is 0.0439. The second-order valence-corrected chi connectivity index (χ2v) is 9.81. The summed E-state index contributed by atoms with van der Waals surface area (Å²) in [6.07, 6.45) is 8.04. The van der Waals surface area contributed by atoms with Gasteiger partial charge in [0.2, 0.25) is 5.91 Å². The van der Waals surface area contributed by atoms with Gasteiger partial charge in [0.05, 0.1) is 0 Å². The zero-order valence-corrected chi connectivity index (χ0v) is 15.6. The molecule has 2 saturated heterocycles. The minimum atomic E-state index is -0.0674. The molecule has 4 aliphatic carbocycles. The first kappa shape index (κ1) is 16.8. The molecule has 6 heteroatoms. The molecule has 2 atom stereocenters. The summed E-state index contributed by atoms with van der Waals surface area (Å²) >= 11 is 0. The third-order valence-corrected chi connectivity index (χ3v) is 7.78. The van der Waals surface area contributed by atoms with Crippen molar-refractivity contribution in [3.8, 4) is 0 Å². The maximum atomic E-state index is 12.4. The highest BCUT2D eigenvalue weighted by atomic mass is 16.2. The highest BCUT2D eigenvalue weighted by Gasteiger charge is 2.51. The predicted molar refractivity (Wildman–Crippen MR) is 98.5 cm³/mol. The van der Waals surface area contributed by atoms with Crippen molar-refractivity contribution in [3.63, 3.8) is 0 Å². The van der Waals surface area contributed by atoms with Gasteiger partial charge in [0.15, 0.2) is 0 Å². The largest absolute Gasteiger partial charge is 0.342 e. The van der Waals surface area contributed by atoms with Gasteiger partial charge in [-0.3, -0.25) is 4.79 Å². The standard InChI is InChI=1S/C20H32N4O2/c25-18(24-11-16-9-21-10-17(16)12-24)1-2-22-19(26)23-20-6-13-3-14(7-20)5-15(4-13)8-20/h13-17,21H,1-12H2,(H2,22,23,26)/t13?,14?,15?,16-,17+,20?. The minimum Gasteiger partial charge on any atom is -0.342 e. The topological polar surface area (TPSA) is 73.5 Å². The lowest BCUT2D eigenvalue weighted by molar-refractivity contribution is -0.130. The van der Waals surface area contributed by atoms with Crippen LogP contribution in [0.4, 0.5) is 4.79 Å². The molecule has 6 rings (SSSR count). The van der Waals surface area contributed by atoms with Gasteiger partial charge in [0, 0.05) is 44.7 Å². The Morgan fingerprint density at radius 3 is 2.12 bits per heavy atom. The van der Waals surface area contributed by atoms with Crippen molar-refractivity contribution in [1.82, 2.24) is 20.9 Å². The van der Waals surface area contributed by atoms with E-state index in [4.69, 9.17) is 0 Å². The van der Waals surface area contributed by atoms with Gasteiger partial charge in [-0.2, -0.15) is 0 Å². The van der Waals surface area contributed by atoms with Gasteiger partial charge >= 0.3 is 6.03 Å². The van der Waals surface area contributed by atoms with Crippen LogP contribution in [0, 0.1) is 29.6 Å². The molecule has 4 saturated carbocycles. The first-order valence-electron chi connectivity index (χ1n) is 10.6. The summed E-state index contributed by atoms with van der Waals surface area (Å²) in [7, 11) is 0. The van der Waals surface area contributed by atoms with Crippen molar-refractivity contribution in [2.24, 2.45) is 29.6 Å². The summed E-state index contributed by atoms with van der Waals surface area (Å²) in [5.74, 6) is 3.93. The van der Waals surface area contributed by atoms with Crippen LogP contribution in [-0.4, -0.2) is 55.1 Å². The third-order valence-electron chi connectivity index (χ3n) is 7.78. The molecule has 26 heavy (non-hydrogen) atoms. The van der Waals surface area contributed by atoms with Gasteiger partial charge in [0.1, 0.15) is 0 Å². The Morgan fingerprint density at radius 2 is 1.54 bits per heavy atom. The monoisotopic (exact) mass is 360 g/mol. The molecular weight excluding hydrogens is 328 g/mol. The van der Waals surface area contributed by atoms with E-state index >= 15 is 0 Å². The first-order valence-corrected chi connectivity index (χ1v) is 10.6. The number of hydrogen-bond donors (Lipinski definition) is 3. The molecule has 0 aromatic heterocycles. The normalized spacial score (nSPS) is 42.8. The fraction of sp³-hybridized carbons (Fsp3) is 0.900. The molecule has 4 bridgehead atoms. The van der Waals surface area contributed by atoms with Crippen LogP contribution in [-0.2, 0) is 4.79 Å². The van der Waals surface area contributed by atoms with Crippen LogP contribution in [0.5, 0.6) is 0 Å². The van der Waals surface area contributed by atoms with Gasteiger partial charge in [-0.15, -0.1) is 0 Å². The average Bonchev–Trinajstić information content (AvgIpc) is 3.14. The van der Waals surface area contributed by atoms with E-state index in [9.17, 15) is 9.59 Å². The van der Waals surface area contributed by atoms with Crippen molar-refractivity contribution in [2.45, 2.75) is 50.5 Å². The molecule has 6 nitrogen and oxygen atoms in total. The smallest absolute Gasteiger partial charge is 0.315 e. The van der Waals surface area contributed by atoms with E-state index in [2.05, 4.69) is 16.0 Å². The number of fused-ring (bicyclic) bond motifs is 1. The molecule has 0 spiro atoms. The number of likely N-dealkylation sites (tertiary alicyclic amines) is 1. The van der Waals surface area contributed by atoms with Crippen molar-refractivity contribution in [3.05, 3.63) is 0 Å². The summed E-state index contributed by atoms with van der Waals surface area (Å²) in [5, 5.41) is 9.67. The van der Waals surface area contributed by atoms with Crippen LogP contribution < -0.4 is 16.0 Å². The van der Waals surface area contributed by atoms with Gasteiger partial charge in [0.25, 0.3) is 0 Å². The van der Waals surface area contributed by atoms with Crippen molar-refractivity contribution in [1.29, 1.82) is 0 Å². The lowest BCUT2D eigenvalue weighted by Gasteiger charge is -2.56. The number of nitrogens with zero attached hydrogens (tertiary/aromatic N) is 1. The first-order chi connectivity index (χ1) is 12.6. The van der Waals surface area contributed by atoms with Gasteiger partial charge in [-0.25, -0.2) is 4.79 Å². The summed E-state index contributed by atoms with van der Waals surface area (Å²) in [5.41, 5.74) is 0.0439. The van der Waals surface area contributed by atoms with E-state index in [-0.39, 0.29) is 17.5 Å². The second kappa shape index (κ2) is 6.39. The van der Waals surface area contributed by atoms with Crippen molar-refractivity contribution < 1.29 is 9.59 Å². The summed E-state index contributed by atoms with van der Waals surface area (Å²) in [4.78, 5) is 26.8. The summed E-state index contributed by atoms with van der Waals surface area (Å²) < 4.78 is 0. The van der Waals surface area contributed by atoms with Gasteiger partial charge < -0.3 is 20.9 Å². The molecule has 2 aliphatic heterocycles. The molecule has 0 radical (unpaired) electrons. The van der Waals surface area contributed by atoms with Crippen LogP contribution in [0.25, 0.3) is 0 Å². The molecule has 6 fully saturated rings. The SMILES string of the molecule is O=C(NCCC(=O)N1C[C@H]2CNC[C@H]2C1)NC12CC3CC(CC(C3)C1)C2. The fourth-order valence-electron chi connectivity index (χ4n) is 7.05. The Labute approximate surface area is 155 Å². The Kier molecular flexibility index (Phi) is 4.14. The van der Waals surface area contributed by atoms with E-state index in [1.165, 1.54) is 19.3 Å². The Morgan fingerprint density at radius 1 is 0.962 bits per heavy atom. The second-order valence-electron chi connectivity index (χ2n) is 9.81. The number of hydrogen-bond acceptors (Lipinski definition) is 3. The van der Waals surface area contributed by atoms with E-state index in [1.54, 1.807) is 0 Å². The number of carbonyl (C=O) groups excluding carboxylic acids is 2. The Bertz CT molecular complexity index is 545. The average molecular weight is 361 g/mol. The van der Waals surface area contributed by atoms with E-state index in [1.807, 2.05) is 4.90 Å². The van der Waals surface area contributed by atoms with Crippen molar-refractivity contribution in [2.75, 3.05) is 32.7 Å². The third kappa shape index (κ3) is 3.10. The number of amides is 3. The molecule has 2 heterocycles. The fourth-order valence-corrected chi connectivity index (χ4v) is 7.05. The lowest BCUT2D eigenvalue weighted by atomic mass is 9.53. The molecular formula is C20H32N4O2. The molecule has 0 unspecified atom stereocenters. The molecule has 3 N–H and O–H groups in total. The van der Waals surface area contributed by atoms with E-state index < -0.39 is 0 Å². The van der Waals surface area contributed by atoms with Crippen LogP contribution in [0.15, 0.2) is 0 Å². The van der Waals surface area contributed by atoms with Crippen molar-refractivity contribution >= 4 is 11.9 Å². The summed E-state index contributed by atoms with van der Waals surface area (Å²) in [6.45, 7) is 4.30. The molecule has 3 amide bonds. The van der Waals surface area contributed by atoms with Gasteiger partial charge in [-0.05, 0) is 68.1 Å². The summed E-state index contributed by atoms with van der Waals surface area (Å²) in [6, 6.07) is -0.0674. The number of nitrogens with one attached hydrogen (secondary N) is 3. The highest BCUT2D eigenvalue weighted by molar-refractivity contribution is 5.79. The quantitative estimate of drug-likeness (QED) is 0.708. The lowest BCUT2D eigenvalue weighted by Crippen LogP contribution is -2.61. The predicted octanol–water partition coefficient (Wildman–Crippen LogP) is 1.32. The van der Waals surface area contributed by atoms with Crippen LogP contribution >= 0.6 is 0 Å². The van der Waals surface area contributed by atoms with E-state index in [0.29, 0.717) is 24.8 Å². The molecule has 144 valence electrons. The highest BCUT2D eigenvalue weighted by Crippen LogP contribution is 2.55.